The molecule has 1 saturated carbocycles. The second kappa shape index (κ2) is 7.42. The second-order valence-electron chi connectivity index (χ2n) is 8.71. The van der Waals surface area contributed by atoms with E-state index < -0.39 is 6.10 Å². The third-order valence-corrected chi connectivity index (χ3v) is 7.18. The van der Waals surface area contributed by atoms with Crippen molar-refractivity contribution in [2.45, 2.75) is 43.7 Å². The lowest BCUT2D eigenvalue weighted by molar-refractivity contribution is 0.0907. The van der Waals surface area contributed by atoms with E-state index in [-0.39, 0.29) is 18.3 Å². The van der Waals surface area contributed by atoms with Gasteiger partial charge in [-0.15, -0.1) is 0 Å². The lowest BCUT2D eigenvalue weighted by Gasteiger charge is -2.37. The van der Waals surface area contributed by atoms with Crippen molar-refractivity contribution < 1.29 is 15.3 Å². The lowest BCUT2D eigenvalue weighted by Crippen LogP contribution is -2.49. The third-order valence-electron chi connectivity index (χ3n) is 6.94. The molecule has 1 aromatic carbocycles. The number of benzene rings is 1. The van der Waals surface area contributed by atoms with Crippen molar-refractivity contribution in [3.05, 3.63) is 40.4 Å². The minimum Gasteiger partial charge on any atom is -0.494 e. The normalized spacial score (nSPS) is 24.8. The van der Waals surface area contributed by atoms with Crippen LogP contribution in [0, 0.1) is 0 Å². The number of aliphatic hydroxyl groups is 1. The van der Waals surface area contributed by atoms with Crippen molar-refractivity contribution in [2.75, 3.05) is 37.6 Å². The number of piperazine rings is 1. The van der Waals surface area contributed by atoms with E-state index in [0.29, 0.717) is 18.4 Å². The zero-order valence-corrected chi connectivity index (χ0v) is 17.2. The van der Waals surface area contributed by atoms with Crippen molar-refractivity contribution in [3.63, 3.8) is 0 Å². The number of β-amino-alcohol motifs (C(OH)–C–C–N with tert-alkyl or cyclic N) is 1. The average Bonchev–Trinajstić information content (AvgIpc) is 3.39. The monoisotopic (exact) mass is 417 g/mol. The maximum atomic E-state index is 10.7. The molecule has 2 unspecified atom stereocenters. The molecule has 3 aliphatic rings. The Balaban J connectivity index is 1.19. The van der Waals surface area contributed by atoms with Crippen molar-refractivity contribution in [3.8, 4) is 11.8 Å². The van der Waals surface area contributed by atoms with Gasteiger partial charge in [-0.25, -0.2) is 0 Å². The molecule has 2 heterocycles. The molecule has 2 fully saturated rings. The van der Waals surface area contributed by atoms with Crippen LogP contribution < -0.4 is 4.90 Å². The molecule has 2 aliphatic carbocycles. The Hall–Kier alpha value is -1.89. The average molecular weight is 418 g/mol. The summed E-state index contributed by atoms with van der Waals surface area (Å²) in [5.41, 5.74) is 2.99. The predicted octanol–water partition coefficient (Wildman–Crippen LogP) is 3.10. The highest BCUT2D eigenvalue weighted by Gasteiger charge is 2.44. The van der Waals surface area contributed by atoms with Gasteiger partial charge in [0.2, 0.25) is 0 Å². The highest BCUT2D eigenvalue weighted by atomic mass is 35.5. The summed E-state index contributed by atoms with van der Waals surface area (Å²) in [5, 5.41) is 32.7. The molecule has 2 bridgehead atoms. The summed E-state index contributed by atoms with van der Waals surface area (Å²) in [6.45, 7) is 4.22. The van der Waals surface area contributed by atoms with Crippen LogP contribution in [0.5, 0.6) is 11.8 Å². The molecular weight excluding hydrogens is 390 g/mol. The minimum absolute atomic E-state index is 0.162. The fraction of sp³-hybridized carbons (Fsp3) is 0.545. The largest absolute Gasteiger partial charge is 0.494 e. The zero-order chi connectivity index (χ0) is 20.1. The molecule has 0 radical (unpaired) electrons. The van der Waals surface area contributed by atoms with Gasteiger partial charge in [0.15, 0.2) is 11.8 Å². The number of aromatic hydroxyl groups is 2. The highest BCUT2D eigenvalue weighted by molar-refractivity contribution is 6.30. The molecule has 0 amide bonds. The number of aliphatic hydroxyl groups excluding tert-OH is 1. The summed E-state index contributed by atoms with van der Waals surface area (Å²) in [6, 6.07) is 7.90. The number of anilines is 1. The van der Waals surface area contributed by atoms with Gasteiger partial charge in [0.1, 0.15) is 0 Å². The molecule has 2 aromatic rings. The molecule has 5 rings (SSSR count). The summed E-state index contributed by atoms with van der Waals surface area (Å²) in [4.78, 5) is 4.54. The Labute approximate surface area is 175 Å². The Morgan fingerprint density at radius 3 is 2.24 bits per heavy atom. The SMILES string of the molecule is Oc1c2c(c(O)n1CC(O)CN1CCN(c3cccc(Cl)c3)CC1)[C@H]1CCC2C1. The van der Waals surface area contributed by atoms with Gasteiger partial charge in [0.25, 0.3) is 0 Å². The van der Waals surface area contributed by atoms with E-state index in [1.807, 2.05) is 18.2 Å². The Morgan fingerprint density at radius 2 is 1.62 bits per heavy atom. The van der Waals surface area contributed by atoms with Gasteiger partial charge in [0, 0.05) is 54.6 Å². The Bertz CT molecular complexity index is 873. The second-order valence-corrected chi connectivity index (χ2v) is 9.15. The lowest BCUT2D eigenvalue weighted by atomic mass is 9.95. The van der Waals surface area contributed by atoms with E-state index in [4.69, 9.17) is 11.6 Å². The van der Waals surface area contributed by atoms with Gasteiger partial charge < -0.3 is 20.2 Å². The highest BCUT2D eigenvalue weighted by Crippen LogP contribution is 2.59. The van der Waals surface area contributed by atoms with Gasteiger partial charge >= 0.3 is 0 Å². The standard InChI is InChI=1S/C22H28ClN3O3/c23-16-2-1-3-17(11-16)25-8-6-24(7-9-25)12-18(27)13-26-21(28)19-14-4-5-15(10-14)20(19)22(26)29/h1-3,11,14-15,18,27-29H,4-10,12-13H2/t14-,15?,18?/m0/s1. The van der Waals surface area contributed by atoms with Crippen molar-refractivity contribution in [2.24, 2.45) is 0 Å². The van der Waals surface area contributed by atoms with Crippen molar-refractivity contribution in [1.82, 2.24) is 9.47 Å². The molecule has 29 heavy (non-hydrogen) atoms. The number of halogens is 1. The van der Waals surface area contributed by atoms with Gasteiger partial charge in [-0.05, 0) is 49.3 Å². The van der Waals surface area contributed by atoms with Gasteiger partial charge in [0.05, 0.1) is 12.6 Å². The van der Waals surface area contributed by atoms with Gasteiger partial charge in [-0.2, -0.15) is 0 Å². The predicted molar refractivity (Wildman–Crippen MR) is 113 cm³/mol. The Morgan fingerprint density at radius 1 is 0.966 bits per heavy atom. The van der Waals surface area contributed by atoms with Crippen LogP contribution in [-0.4, -0.2) is 63.6 Å². The quantitative estimate of drug-likeness (QED) is 0.697. The van der Waals surface area contributed by atoms with E-state index in [1.165, 1.54) is 4.57 Å². The maximum absolute atomic E-state index is 10.7. The summed E-state index contributed by atoms with van der Waals surface area (Å²) >= 11 is 6.10. The third kappa shape index (κ3) is 3.37. The van der Waals surface area contributed by atoms with Gasteiger partial charge in [-0.3, -0.25) is 9.47 Å². The number of fused-ring (bicyclic) bond motifs is 5. The smallest absolute Gasteiger partial charge is 0.197 e. The van der Waals surface area contributed by atoms with Crippen LogP contribution in [0.2, 0.25) is 5.02 Å². The molecule has 7 heteroatoms. The van der Waals surface area contributed by atoms with Crippen molar-refractivity contribution in [1.29, 1.82) is 0 Å². The van der Waals surface area contributed by atoms with E-state index in [2.05, 4.69) is 15.9 Å². The molecule has 1 aromatic heterocycles. The van der Waals surface area contributed by atoms with Crippen LogP contribution in [0.25, 0.3) is 0 Å². The molecule has 6 nitrogen and oxygen atoms in total. The molecule has 3 atom stereocenters. The fourth-order valence-electron chi connectivity index (χ4n) is 5.54. The van der Waals surface area contributed by atoms with Gasteiger partial charge in [-0.1, -0.05) is 17.7 Å². The number of rotatable bonds is 5. The number of hydrogen-bond donors (Lipinski definition) is 3. The Kier molecular flexibility index (Phi) is 4.88. The van der Waals surface area contributed by atoms with Crippen LogP contribution in [0.3, 0.4) is 0 Å². The molecule has 156 valence electrons. The molecule has 1 aliphatic heterocycles. The number of aromatic nitrogens is 1. The van der Waals surface area contributed by atoms with Crippen molar-refractivity contribution >= 4 is 17.3 Å². The van der Waals surface area contributed by atoms with Crippen LogP contribution in [0.4, 0.5) is 5.69 Å². The molecule has 1 saturated heterocycles. The zero-order valence-electron chi connectivity index (χ0n) is 16.5. The topological polar surface area (TPSA) is 72.1 Å². The first kappa shape index (κ1) is 19.1. The van der Waals surface area contributed by atoms with E-state index in [0.717, 1.165) is 67.3 Å². The first-order valence-electron chi connectivity index (χ1n) is 10.6. The molecule has 0 spiro atoms. The van der Waals surface area contributed by atoms with Crippen LogP contribution in [0.15, 0.2) is 24.3 Å². The minimum atomic E-state index is -0.644. The first-order valence-corrected chi connectivity index (χ1v) is 10.9. The summed E-state index contributed by atoms with van der Waals surface area (Å²) in [7, 11) is 0. The number of nitrogens with zero attached hydrogens (tertiary/aromatic N) is 3. The molecule has 3 N–H and O–H groups in total. The van der Waals surface area contributed by atoms with Crippen LogP contribution in [-0.2, 0) is 6.54 Å². The van der Waals surface area contributed by atoms with E-state index in [9.17, 15) is 15.3 Å². The number of hydrogen-bond acceptors (Lipinski definition) is 5. The summed E-state index contributed by atoms with van der Waals surface area (Å²) in [5.74, 6) is 1.07. The van der Waals surface area contributed by atoms with E-state index >= 15 is 0 Å². The fourth-order valence-corrected chi connectivity index (χ4v) is 5.73. The summed E-state index contributed by atoms with van der Waals surface area (Å²) < 4.78 is 1.52. The maximum Gasteiger partial charge on any atom is 0.197 e. The first-order chi connectivity index (χ1) is 14.0. The summed E-state index contributed by atoms with van der Waals surface area (Å²) in [6.07, 6.45) is 2.59. The van der Waals surface area contributed by atoms with E-state index in [1.54, 1.807) is 0 Å². The van der Waals surface area contributed by atoms with Crippen LogP contribution >= 0.6 is 11.6 Å². The molecular formula is C22H28ClN3O3. The van der Waals surface area contributed by atoms with Crippen LogP contribution in [0.1, 0.15) is 42.2 Å².